The van der Waals surface area contributed by atoms with Crippen molar-refractivity contribution in [2.24, 2.45) is 0 Å². The van der Waals surface area contributed by atoms with Crippen LogP contribution in [0.4, 0.5) is 4.39 Å². The predicted octanol–water partition coefficient (Wildman–Crippen LogP) is 4.93. The number of rotatable bonds is 9. The van der Waals surface area contributed by atoms with Crippen LogP contribution >= 0.6 is 0 Å². The standard InChI is InChI=1S/C31H31FN6O2/c1-21-7-5-10-24-17-27(31(39)33-28(21)24)29(30-34-35-36-38(30)20-26-11-6-16-40-26)37(18-22-8-3-2-4-9-22)19-23-12-14-25(32)15-13-23/h2-5,7-10,12-15,17,26,29H,6,11,16,18-20H2,1H3,(H,33,39). The van der Waals surface area contributed by atoms with E-state index < -0.39 is 6.04 Å². The molecule has 6 rings (SSSR count). The van der Waals surface area contributed by atoms with E-state index in [1.165, 1.54) is 12.1 Å². The summed E-state index contributed by atoms with van der Waals surface area (Å²) < 4.78 is 21.5. The molecular formula is C31H31FN6O2. The number of aromatic amines is 1. The molecular weight excluding hydrogens is 507 g/mol. The molecule has 1 aliphatic rings. The minimum Gasteiger partial charge on any atom is -0.376 e. The Morgan fingerprint density at radius 1 is 1.05 bits per heavy atom. The number of hydrogen-bond acceptors (Lipinski definition) is 6. The molecule has 2 aromatic heterocycles. The van der Waals surface area contributed by atoms with Crippen molar-refractivity contribution >= 4 is 10.9 Å². The van der Waals surface area contributed by atoms with E-state index in [1.807, 2.05) is 49.4 Å². The monoisotopic (exact) mass is 538 g/mol. The van der Waals surface area contributed by atoms with Gasteiger partial charge in [-0.3, -0.25) is 9.69 Å². The maximum atomic E-state index is 13.8. The van der Waals surface area contributed by atoms with Crippen molar-refractivity contribution in [3.05, 3.63) is 123 Å². The first kappa shape index (κ1) is 26.0. The summed E-state index contributed by atoms with van der Waals surface area (Å²) in [5.74, 6) is 0.266. The highest BCUT2D eigenvalue weighted by Gasteiger charge is 2.32. The van der Waals surface area contributed by atoms with Crippen molar-refractivity contribution in [2.45, 2.75) is 51.5 Å². The van der Waals surface area contributed by atoms with E-state index in [9.17, 15) is 9.18 Å². The molecule has 0 radical (unpaired) electrons. The minimum absolute atomic E-state index is 0.0140. The maximum absolute atomic E-state index is 13.8. The Labute approximate surface area is 231 Å². The van der Waals surface area contributed by atoms with E-state index in [-0.39, 0.29) is 17.5 Å². The lowest BCUT2D eigenvalue weighted by atomic mass is 10.0. The number of halogens is 1. The summed E-state index contributed by atoms with van der Waals surface area (Å²) in [6.07, 6.45) is 1.95. The van der Waals surface area contributed by atoms with Crippen molar-refractivity contribution in [2.75, 3.05) is 6.61 Å². The first-order valence-corrected chi connectivity index (χ1v) is 13.6. The Morgan fingerprint density at radius 3 is 2.58 bits per heavy atom. The third-order valence-corrected chi connectivity index (χ3v) is 7.51. The molecule has 0 amide bonds. The second kappa shape index (κ2) is 11.5. The van der Waals surface area contributed by atoms with Crippen molar-refractivity contribution in [3.63, 3.8) is 0 Å². The van der Waals surface area contributed by atoms with Crippen LogP contribution in [0.2, 0.25) is 0 Å². The Balaban J connectivity index is 1.51. The number of pyridine rings is 1. The molecule has 9 heteroatoms. The molecule has 0 spiro atoms. The van der Waals surface area contributed by atoms with E-state index in [1.54, 1.807) is 16.8 Å². The van der Waals surface area contributed by atoms with Crippen LogP contribution in [0.15, 0.2) is 83.7 Å². The van der Waals surface area contributed by atoms with Gasteiger partial charge < -0.3 is 9.72 Å². The molecule has 204 valence electrons. The quantitative estimate of drug-likeness (QED) is 0.286. The van der Waals surface area contributed by atoms with Crippen molar-refractivity contribution < 1.29 is 9.13 Å². The van der Waals surface area contributed by atoms with Crippen LogP contribution in [0.3, 0.4) is 0 Å². The zero-order valence-corrected chi connectivity index (χ0v) is 22.3. The van der Waals surface area contributed by atoms with Crippen LogP contribution < -0.4 is 5.56 Å². The van der Waals surface area contributed by atoms with Gasteiger partial charge in [-0.15, -0.1) is 5.10 Å². The van der Waals surface area contributed by atoms with E-state index in [2.05, 4.69) is 37.5 Å². The van der Waals surface area contributed by atoms with Crippen LogP contribution in [0.25, 0.3) is 10.9 Å². The molecule has 8 nitrogen and oxygen atoms in total. The highest BCUT2D eigenvalue weighted by molar-refractivity contribution is 5.82. The van der Waals surface area contributed by atoms with Crippen LogP contribution in [0.5, 0.6) is 0 Å². The van der Waals surface area contributed by atoms with Gasteiger partial charge in [-0.1, -0.05) is 60.7 Å². The van der Waals surface area contributed by atoms with Gasteiger partial charge in [0.05, 0.1) is 18.2 Å². The number of benzene rings is 3. The van der Waals surface area contributed by atoms with Gasteiger partial charge >= 0.3 is 0 Å². The van der Waals surface area contributed by atoms with Crippen molar-refractivity contribution in [1.82, 2.24) is 30.1 Å². The molecule has 3 aromatic carbocycles. The number of H-pyrrole nitrogens is 1. The normalized spacial score (nSPS) is 16.1. The van der Waals surface area contributed by atoms with E-state index in [4.69, 9.17) is 4.74 Å². The summed E-state index contributed by atoms with van der Waals surface area (Å²) in [5, 5.41) is 13.8. The van der Waals surface area contributed by atoms with Gasteiger partial charge in [-0.05, 0) is 70.5 Å². The summed E-state index contributed by atoms with van der Waals surface area (Å²) in [7, 11) is 0. The molecule has 1 saturated heterocycles. The summed E-state index contributed by atoms with van der Waals surface area (Å²) in [6.45, 7) is 4.16. The lowest BCUT2D eigenvalue weighted by Crippen LogP contribution is -2.35. The molecule has 5 aromatic rings. The van der Waals surface area contributed by atoms with Gasteiger partial charge in [0, 0.05) is 25.3 Å². The Morgan fingerprint density at radius 2 is 1.82 bits per heavy atom. The zero-order chi connectivity index (χ0) is 27.5. The van der Waals surface area contributed by atoms with Crippen LogP contribution in [-0.2, 0) is 24.4 Å². The zero-order valence-electron chi connectivity index (χ0n) is 22.3. The SMILES string of the molecule is Cc1cccc2cc(C(c3nnnn3CC3CCCO3)N(Cc3ccccc3)Cc3ccc(F)cc3)c(=O)[nH]c12. The number of fused-ring (bicyclic) bond motifs is 1. The van der Waals surface area contributed by atoms with Crippen LogP contribution in [0, 0.1) is 12.7 Å². The Kier molecular flexibility index (Phi) is 7.48. The molecule has 1 N–H and O–H groups in total. The molecule has 3 heterocycles. The molecule has 40 heavy (non-hydrogen) atoms. The number of tetrazole rings is 1. The summed E-state index contributed by atoms with van der Waals surface area (Å²) >= 11 is 0. The fourth-order valence-electron chi connectivity index (χ4n) is 5.50. The van der Waals surface area contributed by atoms with Gasteiger partial charge in [0.15, 0.2) is 5.82 Å². The molecule has 1 fully saturated rings. The Bertz CT molecular complexity index is 1640. The first-order chi connectivity index (χ1) is 19.5. The van der Waals surface area contributed by atoms with E-state index >= 15 is 0 Å². The molecule has 2 unspecified atom stereocenters. The van der Waals surface area contributed by atoms with Crippen LogP contribution in [0.1, 0.15) is 47.0 Å². The predicted molar refractivity (Wildman–Crippen MR) is 150 cm³/mol. The molecule has 0 bridgehead atoms. The number of para-hydroxylation sites is 1. The second-order valence-electron chi connectivity index (χ2n) is 10.4. The fourth-order valence-corrected chi connectivity index (χ4v) is 5.50. The van der Waals surface area contributed by atoms with Crippen LogP contribution in [-0.4, -0.2) is 42.8 Å². The number of aromatic nitrogens is 5. The molecule has 2 atom stereocenters. The fraction of sp³-hybridized carbons (Fsp3) is 0.290. The highest BCUT2D eigenvalue weighted by Crippen LogP contribution is 2.31. The van der Waals surface area contributed by atoms with Gasteiger partial charge in [-0.25, -0.2) is 9.07 Å². The minimum atomic E-state index is -0.588. The van der Waals surface area contributed by atoms with Gasteiger partial charge in [-0.2, -0.15) is 0 Å². The summed E-state index contributed by atoms with van der Waals surface area (Å²) in [4.78, 5) is 19.1. The number of nitrogens with one attached hydrogen (secondary N) is 1. The maximum Gasteiger partial charge on any atom is 0.253 e. The first-order valence-electron chi connectivity index (χ1n) is 13.6. The summed E-state index contributed by atoms with van der Waals surface area (Å²) in [5.41, 5.74) is 4.12. The van der Waals surface area contributed by atoms with E-state index in [0.717, 1.165) is 47.0 Å². The molecule has 0 saturated carbocycles. The number of hydrogen-bond donors (Lipinski definition) is 1. The average Bonchev–Trinajstić information content (AvgIpc) is 3.64. The number of aryl methyl sites for hydroxylation is 1. The second-order valence-corrected chi connectivity index (χ2v) is 10.4. The van der Waals surface area contributed by atoms with Crippen molar-refractivity contribution in [3.8, 4) is 0 Å². The van der Waals surface area contributed by atoms with Gasteiger partial charge in [0.1, 0.15) is 11.9 Å². The third kappa shape index (κ3) is 5.57. The topological polar surface area (TPSA) is 88.9 Å². The Hall–Kier alpha value is -4.21. The largest absolute Gasteiger partial charge is 0.376 e. The lowest BCUT2D eigenvalue weighted by Gasteiger charge is -2.31. The molecule has 0 aliphatic carbocycles. The smallest absolute Gasteiger partial charge is 0.253 e. The lowest BCUT2D eigenvalue weighted by molar-refractivity contribution is 0.0903. The van der Waals surface area contributed by atoms with Crippen molar-refractivity contribution in [1.29, 1.82) is 0 Å². The van der Waals surface area contributed by atoms with E-state index in [0.29, 0.717) is 31.0 Å². The number of nitrogens with zero attached hydrogens (tertiary/aromatic N) is 5. The summed E-state index contributed by atoms with van der Waals surface area (Å²) in [6, 6.07) is 23.8. The number of ether oxygens (including phenoxy) is 1. The average molecular weight is 539 g/mol. The van der Waals surface area contributed by atoms with Gasteiger partial charge in [0.2, 0.25) is 0 Å². The third-order valence-electron chi connectivity index (χ3n) is 7.51. The van der Waals surface area contributed by atoms with Gasteiger partial charge in [0.25, 0.3) is 5.56 Å². The highest BCUT2D eigenvalue weighted by atomic mass is 19.1. The molecule has 1 aliphatic heterocycles.